The molecule has 0 spiro atoms. The Labute approximate surface area is 349 Å². The highest BCUT2D eigenvalue weighted by molar-refractivity contribution is 7.47. The van der Waals surface area contributed by atoms with Crippen molar-refractivity contribution < 1.29 is 47.5 Å². The van der Waals surface area contributed by atoms with Crippen molar-refractivity contribution in [2.75, 3.05) is 19.8 Å². The van der Waals surface area contributed by atoms with Gasteiger partial charge in [-0.05, 0) is 77.0 Å². The quantitative estimate of drug-likeness (QED) is 0.0234. The van der Waals surface area contributed by atoms with E-state index in [0.717, 1.165) is 83.5 Å². The highest BCUT2D eigenvalue weighted by atomic mass is 31.2. The van der Waals surface area contributed by atoms with E-state index in [1.54, 1.807) is 0 Å². The van der Waals surface area contributed by atoms with Gasteiger partial charge in [-0.2, -0.15) is 0 Å². The van der Waals surface area contributed by atoms with Gasteiger partial charge in [0, 0.05) is 12.8 Å². The maximum absolute atomic E-state index is 12.6. The van der Waals surface area contributed by atoms with Crippen LogP contribution < -0.4 is 5.73 Å². The van der Waals surface area contributed by atoms with E-state index in [0.29, 0.717) is 12.8 Å². The summed E-state index contributed by atoms with van der Waals surface area (Å²) < 4.78 is 32.6. The Kier molecular flexibility index (Phi) is 37.7. The van der Waals surface area contributed by atoms with E-state index >= 15 is 0 Å². The number of rotatable bonds is 38. The number of hydrogen-bond donors (Lipinski definition) is 3. The van der Waals surface area contributed by atoms with E-state index in [1.165, 1.54) is 19.3 Å². The molecule has 0 rings (SSSR count). The molecule has 12 heteroatoms. The summed E-state index contributed by atoms with van der Waals surface area (Å²) in [4.78, 5) is 45.9. The molecule has 0 aliphatic rings. The lowest BCUT2D eigenvalue weighted by Crippen LogP contribution is -2.34. The highest BCUT2D eigenvalue weighted by Crippen LogP contribution is 2.43. The van der Waals surface area contributed by atoms with Gasteiger partial charge < -0.3 is 25.2 Å². The Hall–Kier alpha value is -3.60. The predicted octanol–water partition coefficient (Wildman–Crippen LogP) is 11.3. The lowest BCUT2D eigenvalue weighted by atomic mass is 10.1. The third kappa shape index (κ3) is 39.2. The van der Waals surface area contributed by atoms with Gasteiger partial charge in [0.15, 0.2) is 6.10 Å². The molecule has 58 heavy (non-hydrogen) atoms. The zero-order chi connectivity index (χ0) is 42.8. The summed E-state index contributed by atoms with van der Waals surface area (Å²) in [6.45, 7) is 2.47. The first kappa shape index (κ1) is 54.4. The topological polar surface area (TPSA) is 172 Å². The number of phosphoric acid groups is 1. The first-order chi connectivity index (χ1) is 28.1. The van der Waals surface area contributed by atoms with Crippen molar-refractivity contribution in [3.05, 3.63) is 97.2 Å². The Bertz CT molecular complexity index is 1350. The fourth-order valence-corrected chi connectivity index (χ4v) is 5.85. The maximum atomic E-state index is 12.6. The van der Waals surface area contributed by atoms with Crippen molar-refractivity contribution in [1.82, 2.24) is 0 Å². The zero-order valence-electron chi connectivity index (χ0n) is 35.3. The second kappa shape index (κ2) is 40.2. The van der Waals surface area contributed by atoms with Gasteiger partial charge in [0.05, 0.1) is 13.2 Å². The number of carbonyl (C=O) groups excluding carboxylic acids is 2. The minimum Gasteiger partial charge on any atom is -0.480 e. The van der Waals surface area contributed by atoms with Crippen molar-refractivity contribution in [3.8, 4) is 0 Å². The molecule has 3 unspecified atom stereocenters. The molecule has 3 atom stereocenters. The molecular formula is C46H74NO10P. The normalized spacial score (nSPS) is 14.7. The summed E-state index contributed by atoms with van der Waals surface area (Å²) in [7, 11) is -4.74. The number of aliphatic carboxylic acids is 1. The molecule has 0 aromatic rings. The van der Waals surface area contributed by atoms with Crippen molar-refractivity contribution in [1.29, 1.82) is 0 Å². The van der Waals surface area contributed by atoms with Gasteiger partial charge in [0.2, 0.25) is 0 Å². The van der Waals surface area contributed by atoms with Crippen LogP contribution in [0.5, 0.6) is 0 Å². The van der Waals surface area contributed by atoms with Gasteiger partial charge in [-0.1, -0.05) is 150 Å². The van der Waals surface area contributed by atoms with Crippen molar-refractivity contribution in [3.63, 3.8) is 0 Å². The number of unbranched alkanes of at least 4 members (excludes halogenated alkanes) is 8. The predicted molar refractivity (Wildman–Crippen MR) is 235 cm³/mol. The molecule has 0 amide bonds. The smallest absolute Gasteiger partial charge is 0.472 e. The van der Waals surface area contributed by atoms with E-state index in [9.17, 15) is 23.8 Å². The molecule has 0 bridgehead atoms. The molecule has 0 saturated carbocycles. The van der Waals surface area contributed by atoms with Crippen LogP contribution in [0.2, 0.25) is 0 Å². The second-order valence-corrected chi connectivity index (χ2v) is 15.2. The average molecular weight is 832 g/mol. The van der Waals surface area contributed by atoms with Gasteiger partial charge in [-0.3, -0.25) is 23.4 Å². The van der Waals surface area contributed by atoms with Crippen LogP contribution in [0.15, 0.2) is 97.2 Å². The SMILES string of the molecule is CC/C=C\C/C=C\C/C=C\C/C=C\CCCCCCCCCCC(=O)OC(COC(=O)CC/C=C\C/C=C\C/C=C\C/C=C\CC)COP(=O)(O)OCC(N)C(=O)O. The number of nitrogens with two attached hydrogens (primary N) is 1. The summed E-state index contributed by atoms with van der Waals surface area (Å²) in [6, 6.07) is -1.54. The number of esters is 2. The van der Waals surface area contributed by atoms with Crippen molar-refractivity contribution >= 4 is 25.7 Å². The molecule has 11 nitrogen and oxygen atoms in total. The molecule has 328 valence electrons. The molecular weight excluding hydrogens is 757 g/mol. The van der Waals surface area contributed by atoms with Crippen LogP contribution in [0, 0.1) is 0 Å². The summed E-state index contributed by atoms with van der Waals surface area (Å²) in [5.41, 5.74) is 5.32. The lowest BCUT2D eigenvalue weighted by Gasteiger charge is -2.20. The number of ether oxygens (including phenoxy) is 2. The largest absolute Gasteiger partial charge is 0.480 e. The molecule has 0 heterocycles. The number of carboxylic acid groups (broad SMARTS) is 1. The molecule has 0 aromatic heterocycles. The van der Waals surface area contributed by atoms with Gasteiger partial charge in [0.25, 0.3) is 0 Å². The minimum absolute atomic E-state index is 0.0930. The van der Waals surface area contributed by atoms with Crippen LogP contribution in [-0.2, 0) is 37.5 Å². The van der Waals surface area contributed by atoms with Crippen LogP contribution in [-0.4, -0.2) is 59.9 Å². The lowest BCUT2D eigenvalue weighted by molar-refractivity contribution is -0.161. The zero-order valence-corrected chi connectivity index (χ0v) is 36.2. The summed E-state index contributed by atoms with van der Waals surface area (Å²) in [5.74, 6) is -2.51. The van der Waals surface area contributed by atoms with Gasteiger partial charge in [-0.25, -0.2) is 4.57 Å². The van der Waals surface area contributed by atoms with Crippen LogP contribution >= 0.6 is 7.82 Å². The average Bonchev–Trinajstić information content (AvgIpc) is 3.20. The molecule has 0 fully saturated rings. The van der Waals surface area contributed by atoms with Crippen LogP contribution in [0.1, 0.15) is 142 Å². The van der Waals surface area contributed by atoms with Gasteiger partial charge in [-0.15, -0.1) is 0 Å². The van der Waals surface area contributed by atoms with E-state index in [-0.39, 0.29) is 12.8 Å². The van der Waals surface area contributed by atoms with Crippen LogP contribution in [0.4, 0.5) is 0 Å². The summed E-state index contributed by atoms with van der Waals surface area (Å²) in [6.07, 6.45) is 50.6. The van der Waals surface area contributed by atoms with E-state index < -0.39 is 57.7 Å². The molecule has 0 aliphatic carbocycles. The highest BCUT2D eigenvalue weighted by Gasteiger charge is 2.28. The monoisotopic (exact) mass is 832 g/mol. The Morgan fingerprint density at radius 2 is 0.948 bits per heavy atom. The Morgan fingerprint density at radius 1 is 0.534 bits per heavy atom. The van der Waals surface area contributed by atoms with E-state index in [1.807, 2.05) is 12.2 Å². The maximum Gasteiger partial charge on any atom is 0.472 e. The van der Waals surface area contributed by atoms with Crippen LogP contribution in [0.25, 0.3) is 0 Å². The van der Waals surface area contributed by atoms with Crippen molar-refractivity contribution in [2.24, 2.45) is 5.73 Å². The molecule has 0 saturated heterocycles. The van der Waals surface area contributed by atoms with E-state index in [4.69, 9.17) is 24.8 Å². The Balaban J connectivity index is 4.45. The summed E-state index contributed by atoms with van der Waals surface area (Å²) >= 11 is 0. The first-order valence-corrected chi connectivity index (χ1v) is 22.8. The number of carboxylic acids is 1. The van der Waals surface area contributed by atoms with Gasteiger partial charge >= 0.3 is 25.7 Å². The first-order valence-electron chi connectivity index (χ1n) is 21.3. The molecule has 4 N–H and O–H groups in total. The minimum atomic E-state index is -4.74. The Morgan fingerprint density at radius 3 is 1.43 bits per heavy atom. The third-order valence-electron chi connectivity index (χ3n) is 8.34. The second-order valence-electron chi connectivity index (χ2n) is 13.7. The summed E-state index contributed by atoms with van der Waals surface area (Å²) in [5, 5.41) is 8.88. The van der Waals surface area contributed by atoms with E-state index in [2.05, 4.69) is 103 Å². The van der Waals surface area contributed by atoms with Crippen LogP contribution in [0.3, 0.4) is 0 Å². The fourth-order valence-electron chi connectivity index (χ4n) is 5.07. The molecule has 0 aliphatic heterocycles. The number of carbonyl (C=O) groups is 3. The number of hydrogen-bond acceptors (Lipinski definition) is 9. The molecule has 0 radical (unpaired) electrons. The third-order valence-corrected chi connectivity index (χ3v) is 9.29. The fraction of sp³-hybridized carbons (Fsp3) is 0.587. The molecule has 0 aromatic carbocycles. The number of allylic oxidation sites excluding steroid dienone is 16. The number of phosphoric ester groups is 1. The van der Waals surface area contributed by atoms with Gasteiger partial charge in [0.1, 0.15) is 12.6 Å². The standard InChI is InChI=1S/C46H74NO10P/c1-3-5-7-9-11-13-15-17-18-19-20-21-22-23-24-26-28-30-32-34-36-38-45(49)57-42(40-55-58(52,53)56-41-43(47)46(50)51)39-54-44(48)37-35-33-31-29-27-25-16-14-12-10-8-6-4-2/h5-8,11-14,17-18,20-21,25,27,31,33,42-43H,3-4,9-10,15-16,19,22-24,26,28-30,32,34-41,47H2,1-2H3,(H,50,51)(H,52,53)/b7-5-,8-6-,13-11-,14-12-,18-17-,21-20-,27-25-,33-31-. The van der Waals surface area contributed by atoms with Crippen molar-refractivity contribution in [2.45, 2.75) is 154 Å².